The number of hydrogen-bond acceptors (Lipinski definition) is 5. The first-order chi connectivity index (χ1) is 9.36. The van der Waals surface area contributed by atoms with Crippen molar-refractivity contribution in [2.75, 3.05) is 19.7 Å². The van der Waals surface area contributed by atoms with E-state index in [0.717, 1.165) is 19.3 Å². The first-order valence-corrected chi connectivity index (χ1v) is 8.50. The molecule has 1 amide bonds. The van der Waals surface area contributed by atoms with Gasteiger partial charge in [-0.1, -0.05) is 20.3 Å². The largest absolute Gasteiger partial charge is 0.449 e. The Balaban J connectivity index is 2.70. The van der Waals surface area contributed by atoms with Crippen LogP contribution in [0.4, 0.5) is 4.79 Å². The smallest absolute Gasteiger partial charge is 0.421 e. The van der Waals surface area contributed by atoms with Gasteiger partial charge in [-0.25, -0.2) is 9.52 Å². The van der Waals surface area contributed by atoms with E-state index >= 15 is 0 Å². The predicted octanol–water partition coefficient (Wildman–Crippen LogP) is 0.830. The van der Waals surface area contributed by atoms with Crippen molar-refractivity contribution < 1.29 is 17.9 Å². The fourth-order valence-electron chi connectivity index (χ4n) is 2.19. The zero-order chi connectivity index (χ0) is 15.2. The molecule has 0 aromatic rings. The van der Waals surface area contributed by atoms with Gasteiger partial charge in [-0.2, -0.15) is 12.7 Å². The highest BCUT2D eigenvalue weighted by Gasteiger charge is 2.33. The average Bonchev–Trinajstić information content (AvgIpc) is 2.36. The molecule has 1 atom stereocenters. The van der Waals surface area contributed by atoms with Crippen molar-refractivity contribution in [3.63, 3.8) is 0 Å². The number of hydrogen-bond donors (Lipinski definition) is 2. The lowest BCUT2D eigenvalue weighted by Crippen LogP contribution is -2.54. The number of ether oxygens (including phenoxy) is 1. The lowest BCUT2D eigenvalue weighted by atomic mass is 10.0. The topological polar surface area (TPSA) is 87.7 Å². The highest BCUT2D eigenvalue weighted by molar-refractivity contribution is 7.87. The molecule has 0 aliphatic carbocycles. The van der Waals surface area contributed by atoms with Crippen molar-refractivity contribution in [1.82, 2.24) is 14.3 Å². The Morgan fingerprint density at radius 3 is 2.70 bits per heavy atom. The van der Waals surface area contributed by atoms with Crippen molar-refractivity contribution in [3.8, 4) is 0 Å². The molecule has 8 heteroatoms. The Bertz CT molecular complexity index is 411. The Labute approximate surface area is 121 Å². The van der Waals surface area contributed by atoms with Gasteiger partial charge >= 0.3 is 16.3 Å². The Hall–Kier alpha value is -0.860. The van der Waals surface area contributed by atoms with Crippen LogP contribution in [0.2, 0.25) is 0 Å². The van der Waals surface area contributed by atoms with Crippen LogP contribution < -0.4 is 10.0 Å². The summed E-state index contributed by atoms with van der Waals surface area (Å²) in [7, 11) is -3.83. The summed E-state index contributed by atoms with van der Waals surface area (Å²) in [5.41, 5.74) is 0. The monoisotopic (exact) mass is 307 g/mol. The van der Waals surface area contributed by atoms with E-state index in [-0.39, 0.29) is 12.6 Å². The Morgan fingerprint density at radius 2 is 2.10 bits per heavy atom. The molecule has 1 heterocycles. The molecule has 20 heavy (non-hydrogen) atoms. The standard InChI is InChI=1S/C12H25N3O4S/c1-4-19-12(16)14-20(17,18)15-8-6-5-7-11(15)9-13-10(2)3/h10-11,13H,4-9H2,1-3H3,(H,14,16). The van der Waals surface area contributed by atoms with Crippen molar-refractivity contribution in [2.45, 2.75) is 52.1 Å². The van der Waals surface area contributed by atoms with Gasteiger partial charge in [0, 0.05) is 25.2 Å². The molecule has 0 spiro atoms. The van der Waals surface area contributed by atoms with E-state index in [1.807, 2.05) is 18.6 Å². The molecule has 0 saturated carbocycles. The first-order valence-electron chi connectivity index (χ1n) is 7.06. The minimum Gasteiger partial charge on any atom is -0.449 e. The second kappa shape index (κ2) is 7.80. The SMILES string of the molecule is CCOC(=O)NS(=O)(=O)N1CCCCC1CNC(C)C. The number of nitrogens with zero attached hydrogens (tertiary/aromatic N) is 1. The summed E-state index contributed by atoms with van der Waals surface area (Å²) >= 11 is 0. The second-order valence-electron chi connectivity index (χ2n) is 5.15. The number of piperidine rings is 1. The molecule has 1 fully saturated rings. The van der Waals surface area contributed by atoms with Crippen LogP contribution in [0.3, 0.4) is 0 Å². The maximum atomic E-state index is 12.2. The molecule has 0 aromatic heterocycles. The molecule has 2 N–H and O–H groups in total. The van der Waals surface area contributed by atoms with Gasteiger partial charge in [-0.15, -0.1) is 0 Å². The minimum atomic E-state index is -3.83. The number of rotatable bonds is 6. The molecule has 1 rings (SSSR count). The number of carbonyl (C=O) groups is 1. The molecule has 1 aliphatic rings. The zero-order valence-electron chi connectivity index (χ0n) is 12.4. The van der Waals surface area contributed by atoms with E-state index in [1.165, 1.54) is 4.31 Å². The van der Waals surface area contributed by atoms with Crippen LogP contribution in [0.15, 0.2) is 0 Å². The van der Waals surface area contributed by atoms with Crippen LogP contribution in [0, 0.1) is 0 Å². The third kappa shape index (κ3) is 5.26. The third-order valence-corrected chi connectivity index (χ3v) is 4.65. The van der Waals surface area contributed by atoms with E-state index < -0.39 is 16.3 Å². The molecule has 0 bridgehead atoms. The minimum absolute atomic E-state index is 0.127. The maximum absolute atomic E-state index is 12.2. The van der Waals surface area contributed by atoms with Crippen molar-refractivity contribution in [1.29, 1.82) is 0 Å². The number of amides is 1. The molecule has 7 nitrogen and oxygen atoms in total. The van der Waals surface area contributed by atoms with Crippen molar-refractivity contribution in [3.05, 3.63) is 0 Å². The van der Waals surface area contributed by atoms with E-state index in [2.05, 4.69) is 10.1 Å². The predicted molar refractivity (Wildman–Crippen MR) is 76.6 cm³/mol. The van der Waals surface area contributed by atoms with Gasteiger partial charge in [0.15, 0.2) is 0 Å². The van der Waals surface area contributed by atoms with Gasteiger partial charge in [-0.05, 0) is 19.8 Å². The van der Waals surface area contributed by atoms with Gasteiger partial charge in [0.2, 0.25) is 0 Å². The Morgan fingerprint density at radius 1 is 1.40 bits per heavy atom. The quantitative estimate of drug-likeness (QED) is 0.759. The summed E-state index contributed by atoms with van der Waals surface area (Å²) in [6, 6.07) is 0.164. The molecule has 118 valence electrons. The van der Waals surface area contributed by atoms with Crippen LogP contribution in [-0.2, 0) is 14.9 Å². The molecular formula is C12H25N3O4S. The summed E-state index contributed by atoms with van der Waals surface area (Å²) in [5.74, 6) is 0. The molecule has 0 aromatic carbocycles. The molecule has 1 aliphatic heterocycles. The highest BCUT2D eigenvalue weighted by atomic mass is 32.2. The summed E-state index contributed by atoms with van der Waals surface area (Å²) in [4.78, 5) is 11.3. The fraction of sp³-hybridized carbons (Fsp3) is 0.917. The summed E-state index contributed by atoms with van der Waals surface area (Å²) in [6.45, 7) is 6.81. The fourth-order valence-corrected chi connectivity index (χ4v) is 3.52. The molecule has 1 saturated heterocycles. The summed E-state index contributed by atoms with van der Waals surface area (Å²) in [6.07, 6.45) is 1.68. The summed E-state index contributed by atoms with van der Waals surface area (Å²) < 4.78 is 32.4. The van der Waals surface area contributed by atoms with Crippen molar-refractivity contribution in [2.24, 2.45) is 0 Å². The lowest BCUT2D eigenvalue weighted by Gasteiger charge is -2.34. The van der Waals surface area contributed by atoms with Crippen LogP contribution in [0.5, 0.6) is 0 Å². The molecule has 0 radical (unpaired) electrons. The molecular weight excluding hydrogens is 282 g/mol. The van der Waals surface area contributed by atoms with Crippen LogP contribution in [0.1, 0.15) is 40.0 Å². The number of nitrogens with one attached hydrogen (secondary N) is 2. The van der Waals surface area contributed by atoms with Gasteiger partial charge < -0.3 is 10.1 Å². The van der Waals surface area contributed by atoms with Crippen molar-refractivity contribution >= 4 is 16.3 Å². The normalized spacial score (nSPS) is 20.9. The van der Waals surface area contributed by atoms with E-state index in [0.29, 0.717) is 19.1 Å². The van der Waals surface area contributed by atoms with Crippen LogP contribution >= 0.6 is 0 Å². The van der Waals surface area contributed by atoms with Crippen LogP contribution in [-0.4, -0.2) is 50.6 Å². The van der Waals surface area contributed by atoms with Gasteiger partial charge in [0.05, 0.1) is 6.61 Å². The summed E-state index contributed by atoms with van der Waals surface area (Å²) in [5, 5.41) is 3.25. The van der Waals surface area contributed by atoms with E-state index in [1.54, 1.807) is 6.92 Å². The van der Waals surface area contributed by atoms with Gasteiger partial charge in [-0.3, -0.25) is 0 Å². The second-order valence-corrected chi connectivity index (χ2v) is 6.77. The number of carbonyl (C=O) groups excluding carboxylic acids is 1. The zero-order valence-corrected chi connectivity index (χ0v) is 13.2. The maximum Gasteiger partial charge on any atom is 0.421 e. The lowest BCUT2D eigenvalue weighted by molar-refractivity contribution is 0.157. The Kier molecular flexibility index (Phi) is 6.70. The molecule has 1 unspecified atom stereocenters. The van der Waals surface area contributed by atoms with Crippen LogP contribution in [0.25, 0.3) is 0 Å². The van der Waals surface area contributed by atoms with Gasteiger partial charge in [0.1, 0.15) is 0 Å². The highest BCUT2D eigenvalue weighted by Crippen LogP contribution is 2.19. The van der Waals surface area contributed by atoms with E-state index in [4.69, 9.17) is 0 Å². The van der Waals surface area contributed by atoms with Gasteiger partial charge in [0.25, 0.3) is 0 Å². The average molecular weight is 307 g/mol. The third-order valence-electron chi connectivity index (χ3n) is 3.13. The van der Waals surface area contributed by atoms with E-state index in [9.17, 15) is 13.2 Å². The first kappa shape index (κ1) is 17.2.